The van der Waals surface area contributed by atoms with Crippen LogP contribution in [0.5, 0.6) is 0 Å². The Morgan fingerprint density at radius 1 is 1.00 bits per heavy atom. The van der Waals surface area contributed by atoms with Crippen LogP contribution < -0.4 is 4.90 Å². The first kappa shape index (κ1) is 20.5. The molecule has 5 rings (SSSR count). The molecule has 3 aliphatic heterocycles. The first-order chi connectivity index (χ1) is 14.8. The molecule has 31 heavy (non-hydrogen) atoms. The number of benzene rings is 2. The molecular formula is C21H20FN3O4S2. The zero-order valence-electron chi connectivity index (χ0n) is 16.5. The van der Waals surface area contributed by atoms with E-state index in [0.717, 1.165) is 22.7 Å². The maximum absolute atomic E-state index is 13.6. The van der Waals surface area contributed by atoms with Crippen molar-refractivity contribution >= 4 is 39.3 Å². The molecule has 0 bridgehead atoms. The van der Waals surface area contributed by atoms with Gasteiger partial charge in [-0.3, -0.25) is 14.5 Å². The summed E-state index contributed by atoms with van der Waals surface area (Å²) in [5.41, 5.74) is 0.765. The van der Waals surface area contributed by atoms with Crippen LogP contribution in [0.1, 0.15) is 12.8 Å². The molecule has 3 heterocycles. The molecule has 0 aromatic heterocycles. The normalized spacial score (nSPS) is 23.7. The average molecular weight is 462 g/mol. The molecule has 0 N–H and O–H groups in total. The van der Waals surface area contributed by atoms with Gasteiger partial charge in [0.05, 0.1) is 10.6 Å². The van der Waals surface area contributed by atoms with Crippen molar-refractivity contribution in [3.05, 3.63) is 54.3 Å². The van der Waals surface area contributed by atoms with E-state index in [0.29, 0.717) is 12.8 Å². The third-order valence-corrected chi connectivity index (χ3v) is 9.36. The number of hydrogen-bond donors (Lipinski definition) is 0. The average Bonchev–Trinajstić information content (AvgIpc) is 3.29. The fourth-order valence-electron chi connectivity index (χ4n) is 4.42. The van der Waals surface area contributed by atoms with Gasteiger partial charge in [-0.2, -0.15) is 4.31 Å². The quantitative estimate of drug-likeness (QED) is 0.701. The fraction of sp³-hybridized carbons (Fsp3) is 0.333. The molecule has 7 nitrogen and oxygen atoms in total. The third kappa shape index (κ3) is 3.16. The second-order valence-corrected chi connectivity index (χ2v) is 11.0. The van der Waals surface area contributed by atoms with Crippen LogP contribution in [-0.4, -0.2) is 60.5 Å². The van der Waals surface area contributed by atoms with Crippen molar-refractivity contribution < 1.29 is 22.4 Å². The van der Waals surface area contributed by atoms with Crippen molar-refractivity contribution in [1.82, 2.24) is 9.21 Å². The molecule has 10 heteroatoms. The van der Waals surface area contributed by atoms with Crippen LogP contribution in [0, 0.1) is 5.82 Å². The molecule has 2 aromatic rings. The molecule has 162 valence electrons. The molecule has 0 spiro atoms. The predicted molar refractivity (Wildman–Crippen MR) is 113 cm³/mol. The van der Waals surface area contributed by atoms with E-state index in [4.69, 9.17) is 0 Å². The summed E-state index contributed by atoms with van der Waals surface area (Å²) in [6, 6.07) is 12.2. The van der Waals surface area contributed by atoms with Gasteiger partial charge in [0.1, 0.15) is 5.82 Å². The van der Waals surface area contributed by atoms with Gasteiger partial charge in [0, 0.05) is 37.5 Å². The van der Waals surface area contributed by atoms with E-state index >= 15 is 0 Å². The summed E-state index contributed by atoms with van der Waals surface area (Å²) in [5, 5.41) is 0. The van der Waals surface area contributed by atoms with Crippen LogP contribution in [-0.2, 0) is 19.6 Å². The highest BCUT2D eigenvalue weighted by Gasteiger charge is 2.58. The Morgan fingerprint density at radius 2 is 1.68 bits per heavy atom. The van der Waals surface area contributed by atoms with Gasteiger partial charge in [-0.15, -0.1) is 0 Å². The fourth-order valence-corrected chi connectivity index (χ4v) is 7.33. The third-order valence-electron chi connectivity index (χ3n) is 5.98. The number of para-hydroxylation sites is 1. The van der Waals surface area contributed by atoms with Gasteiger partial charge >= 0.3 is 0 Å². The largest absolute Gasteiger partial charge is 0.337 e. The highest BCUT2D eigenvalue weighted by atomic mass is 32.2. The first-order valence-electron chi connectivity index (χ1n) is 9.99. The number of rotatable bonds is 3. The van der Waals surface area contributed by atoms with E-state index in [1.54, 1.807) is 9.80 Å². The van der Waals surface area contributed by atoms with Gasteiger partial charge in [-0.05, 0) is 42.8 Å². The lowest BCUT2D eigenvalue weighted by Gasteiger charge is -2.39. The minimum absolute atomic E-state index is 0.0293. The Bertz CT molecular complexity index is 1160. The zero-order chi connectivity index (χ0) is 21.8. The SMILES string of the molecule is O=C1CC[C@@]2(C(=O)N3CCN(S(=O)(=O)c4ccc(F)cc4)CC3)Sc3ccccc3N12. The molecule has 3 aliphatic rings. The Morgan fingerprint density at radius 3 is 2.39 bits per heavy atom. The maximum Gasteiger partial charge on any atom is 0.259 e. The molecule has 2 aromatic carbocycles. The van der Waals surface area contributed by atoms with Crippen molar-refractivity contribution in [2.24, 2.45) is 0 Å². The predicted octanol–water partition coefficient (Wildman–Crippen LogP) is 2.29. The Kier molecular flexibility index (Phi) is 4.83. The summed E-state index contributed by atoms with van der Waals surface area (Å²) < 4.78 is 40.2. The van der Waals surface area contributed by atoms with Gasteiger partial charge in [-0.1, -0.05) is 23.9 Å². The van der Waals surface area contributed by atoms with E-state index in [9.17, 15) is 22.4 Å². The number of amides is 2. The van der Waals surface area contributed by atoms with Crippen LogP contribution >= 0.6 is 11.8 Å². The summed E-state index contributed by atoms with van der Waals surface area (Å²) in [6.07, 6.45) is 0.740. The number of hydrogen-bond acceptors (Lipinski definition) is 5. The Labute approximate surface area is 183 Å². The maximum atomic E-state index is 13.6. The number of nitrogens with zero attached hydrogens (tertiary/aromatic N) is 3. The Balaban J connectivity index is 1.34. The second kappa shape index (κ2) is 7.32. The number of thioether (sulfide) groups is 1. The smallest absolute Gasteiger partial charge is 0.259 e. The minimum Gasteiger partial charge on any atom is -0.337 e. The summed E-state index contributed by atoms with van der Waals surface area (Å²) in [5.74, 6) is -0.721. The molecule has 2 fully saturated rings. The molecule has 0 unspecified atom stereocenters. The number of sulfonamides is 1. The lowest BCUT2D eigenvalue weighted by molar-refractivity contribution is -0.135. The minimum atomic E-state index is -3.76. The van der Waals surface area contributed by atoms with E-state index in [-0.39, 0.29) is 42.9 Å². The number of carbonyl (C=O) groups excluding carboxylic acids is 2. The van der Waals surface area contributed by atoms with E-state index < -0.39 is 20.7 Å². The van der Waals surface area contributed by atoms with Gasteiger partial charge in [0.2, 0.25) is 15.9 Å². The standard InChI is InChI=1S/C21H20FN3O4S2/c22-15-5-7-16(8-6-15)31(28,29)24-13-11-23(12-14-24)20(27)21-10-9-19(26)25(21)17-3-1-2-4-18(17)30-21/h1-8H,9-14H2/t21-/m0/s1. The van der Waals surface area contributed by atoms with Crippen LogP contribution in [0.2, 0.25) is 0 Å². The molecule has 0 saturated carbocycles. The van der Waals surface area contributed by atoms with Crippen LogP contribution in [0.25, 0.3) is 0 Å². The van der Waals surface area contributed by atoms with Gasteiger partial charge < -0.3 is 4.90 Å². The summed E-state index contributed by atoms with van der Waals surface area (Å²) in [7, 11) is -3.76. The van der Waals surface area contributed by atoms with Crippen LogP contribution in [0.15, 0.2) is 58.3 Å². The molecular weight excluding hydrogens is 441 g/mol. The molecule has 0 aliphatic carbocycles. The van der Waals surface area contributed by atoms with Crippen molar-refractivity contribution in [2.45, 2.75) is 27.5 Å². The number of anilines is 1. The van der Waals surface area contributed by atoms with Crippen LogP contribution in [0.4, 0.5) is 10.1 Å². The van der Waals surface area contributed by atoms with Crippen molar-refractivity contribution in [3.8, 4) is 0 Å². The molecule has 1 atom stereocenters. The summed E-state index contributed by atoms with van der Waals surface area (Å²) >= 11 is 1.41. The van der Waals surface area contributed by atoms with E-state index in [1.165, 1.54) is 28.2 Å². The van der Waals surface area contributed by atoms with Gasteiger partial charge in [0.25, 0.3) is 5.91 Å². The first-order valence-corrected chi connectivity index (χ1v) is 12.2. The second-order valence-electron chi connectivity index (χ2n) is 7.73. The number of fused-ring (bicyclic) bond motifs is 3. The Hall–Kier alpha value is -2.43. The lowest BCUT2D eigenvalue weighted by atomic mass is 10.1. The van der Waals surface area contributed by atoms with E-state index in [2.05, 4.69) is 0 Å². The topological polar surface area (TPSA) is 78.0 Å². The monoisotopic (exact) mass is 461 g/mol. The highest BCUT2D eigenvalue weighted by Crippen LogP contribution is 2.56. The van der Waals surface area contributed by atoms with Crippen molar-refractivity contribution in [3.63, 3.8) is 0 Å². The number of carbonyl (C=O) groups is 2. The summed E-state index contributed by atoms with van der Waals surface area (Å²) in [6.45, 7) is 0.764. The van der Waals surface area contributed by atoms with E-state index in [1.807, 2.05) is 24.3 Å². The van der Waals surface area contributed by atoms with Gasteiger partial charge in [-0.25, -0.2) is 12.8 Å². The van der Waals surface area contributed by atoms with Crippen molar-refractivity contribution in [1.29, 1.82) is 0 Å². The molecule has 2 saturated heterocycles. The zero-order valence-corrected chi connectivity index (χ0v) is 18.2. The molecule has 0 radical (unpaired) electrons. The lowest BCUT2D eigenvalue weighted by Crippen LogP contribution is -2.58. The van der Waals surface area contributed by atoms with Crippen LogP contribution in [0.3, 0.4) is 0 Å². The highest BCUT2D eigenvalue weighted by molar-refractivity contribution is 8.02. The number of piperazine rings is 1. The van der Waals surface area contributed by atoms with Gasteiger partial charge in [0.15, 0.2) is 4.87 Å². The number of halogens is 1. The summed E-state index contributed by atoms with van der Waals surface area (Å²) in [4.78, 5) is 29.4. The van der Waals surface area contributed by atoms with Crippen molar-refractivity contribution in [2.75, 3.05) is 31.1 Å². The molecule has 2 amide bonds.